The van der Waals surface area contributed by atoms with Crippen LogP contribution in [0.15, 0.2) is 0 Å². The minimum atomic E-state index is 0.0662. The van der Waals surface area contributed by atoms with Crippen LogP contribution in [0.4, 0.5) is 0 Å². The summed E-state index contributed by atoms with van der Waals surface area (Å²) in [5, 5.41) is 21.1. The molecule has 2 heterocycles. The Kier molecular flexibility index (Phi) is 4.12. The molecule has 5 heteroatoms. The molecular formula is C12H22N4O. The van der Waals surface area contributed by atoms with Crippen LogP contribution >= 0.6 is 0 Å². The number of aliphatic hydroxyl groups is 1. The second-order valence-electron chi connectivity index (χ2n) is 4.98. The predicted octanol–water partition coefficient (Wildman–Crippen LogP) is 0.682. The third-order valence-electron chi connectivity index (χ3n) is 3.51. The number of hydrogen-bond donors (Lipinski definition) is 2. The molecule has 0 aromatic carbocycles. The standard InChI is InChI=1S/C12H22N4O/c1-9(8-17)16-10(2)14-15-12(16)6-11-4-3-5-13-7-11/h9,11,13,17H,3-8H2,1-2H3. The van der Waals surface area contributed by atoms with E-state index in [0.29, 0.717) is 5.92 Å². The predicted molar refractivity (Wildman–Crippen MR) is 65.9 cm³/mol. The molecule has 2 N–H and O–H groups in total. The summed E-state index contributed by atoms with van der Waals surface area (Å²) in [7, 11) is 0. The molecule has 1 aliphatic heterocycles. The molecule has 17 heavy (non-hydrogen) atoms. The molecule has 2 unspecified atom stereocenters. The molecular weight excluding hydrogens is 216 g/mol. The SMILES string of the molecule is Cc1nnc(CC2CCCNC2)n1C(C)CO. The van der Waals surface area contributed by atoms with Crippen LogP contribution in [0.5, 0.6) is 0 Å². The maximum atomic E-state index is 9.27. The fraction of sp³-hybridized carbons (Fsp3) is 0.833. The van der Waals surface area contributed by atoms with Gasteiger partial charge in [-0.1, -0.05) is 0 Å². The van der Waals surface area contributed by atoms with Gasteiger partial charge in [-0.3, -0.25) is 0 Å². The monoisotopic (exact) mass is 238 g/mol. The molecule has 1 aromatic rings. The van der Waals surface area contributed by atoms with Crippen molar-refractivity contribution in [2.45, 2.75) is 39.2 Å². The Labute approximate surface area is 102 Å². The van der Waals surface area contributed by atoms with E-state index >= 15 is 0 Å². The maximum absolute atomic E-state index is 9.27. The largest absolute Gasteiger partial charge is 0.394 e. The molecule has 2 rings (SSSR count). The van der Waals surface area contributed by atoms with E-state index in [1.54, 1.807) is 0 Å². The summed E-state index contributed by atoms with van der Waals surface area (Å²) < 4.78 is 2.06. The molecule has 0 spiro atoms. The van der Waals surface area contributed by atoms with Gasteiger partial charge < -0.3 is 15.0 Å². The first-order chi connectivity index (χ1) is 8.22. The maximum Gasteiger partial charge on any atom is 0.133 e. The second kappa shape index (κ2) is 5.60. The van der Waals surface area contributed by atoms with Crippen LogP contribution in [0.25, 0.3) is 0 Å². The molecule has 1 aromatic heterocycles. The van der Waals surface area contributed by atoms with Crippen LogP contribution in [0.2, 0.25) is 0 Å². The lowest BCUT2D eigenvalue weighted by atomic mass is 9.96. The van der Waals surface area contributed by atoms with Crippen molar-refractivity contribution >= 4 is 0 Å². The lowest BCUT2D eigenvalue weighted by molar-refractivity contribution is 0.232. The highest BCUT2D eigenvalue weighted by atomic mass is 16.3. The second-order valence-corrected chi connectivity index (χ2v) is 4.98. The summed E-state index contributed by atoms with van der Waals surface area (Å²) in [5.41, 5.74) is 0. The normalized spacial score (nSPS) is 22.6. The van der Waals surface area contributed by atoms with E-state index in [1.165, 1.54) is 12.8 Å². The summed E-state index contributed by atoms with van der Waals surface area (Å²) in [4.78, 5) is 0. The van der Waals surface area contributed by atoms with Crippen LogP contribution in [-0.4, -0.2) is 39.6 Å². The minimum absolute atomic E-state index is 0.0662. The third kappa shape index (κ3) is 2.84. The van der Waals surface area contributed by atoms with Crippen molar-refractivity contribution in [3.63, 3.8) is 0 Å². The van der Waals surface area contributed by atoms with Gasteiger partial charge >= 0.3 is 0 Å². The molecule has 0 saturated carbocycles. The van der Waals surface area contributed by atoms with Crippen molar-refractivity contribution in [2.75, 3.05) is 19.7 Å². The quantitative estimate of drug-likeness (QED) is 0.810. The van der Waals surface area contributed by atoms with Gasteiger partial charge in [0.2, 0.25) is 0 Å². The molecule has 0 amide bonds. The van der Waals surface area contributed by atoms with Crippen molar-refractivity contribution in [1.82, 2.24) is 20.1 Å². The van der Waals surface area contributed by atoms with Crippen LogP contribution < -0.4 is 5.32 Å². The van der Waals surface area contributed by atoms with Gasteiger partial charge in [-0.25, -0.2) is 0 Å². The third-order valence-corrected chi connectivity index (χ3v) is 3.51. The lowest BCUT2D eigenvalue weighted by Gasteiger charge is -2.23. The number of rotatable bonds is 4. The Morgan fingerprint density at radius 3 is 3.00 bits per heavy atom. The van der Waals surface area contributed by atoms with E-state index in [0.717, 1.165) is 31.2 Å². The molecule has 5 nitrogen and oxygen atoms in total. The van der Waals surface area contributed by atoms with Crippen molar-refractivity contribution in [3.05, 3.63) is 11.6 Å². The fourth-order valence-corrected chi connectivity index (χ4v) is 2.56. The zero-order valence-corrected chi connectivity index (χ0v) is 10.7. The van der Waals surface area contributed by atoms with Crippen molar-refractivity contribution in [2.24, 2.45) is 5.92 Å². The molecule has 0 radical (unpaired) electrons. The van der Waals surface area contributed by atoms with Gasteiger partial charge in [-0.2, -0.15) is 0 Å². The zero-order valence-electron chi connectivity index (χ0n) is 10.7. The fourth-order valence-electron chi connectivity index (χ4n) is 2.56. The number of nitrogens with zero attached hydrogens (tertiary/aromatic N) is 3. The van der Waals surface area contributed by atoms with Gasteiger partial charge in [0.25, 0.3) is 0 Å². The van der Waals surface area contributed by atoms with Gasteiger partial charge in [0, 0.05) is 6.42 Å². The Hall–Kier alpha value is -0.940. The molecule has 1 saturated heterocycles. The number of piperidine rings is 1. The number of nitrogens with one attached hydrogen (secondary N) is 1. The van der Waals surface area contributed by atoms with Crippen molar-refractivity contribution < 1.29 is 5.11 Å². The Morgan fingerprint density at radius 1 is 1.53 bits per heavy atom. The topological polar surface area (TPSA) is 63.0 Å². The van der Waals surface area contributed by atoms with Crippen molar-refractivity contribution in [3.8, 4) is 0 Å². The first-order valence-corrected chi connectivity index (χ1v) is 6.44. The van der Waals surface area contributed by atoms with Crippen LogP contribution in [0, 0.1) is 12.8 Å². The number of aryl methyl sites for hydroxylation is 1. The van der Waals surface area contributed by atoms with E-state index in [4.69, 9.17) is 0 Å². The molecule has 96 valence electrons. The smallest absolute Gasteiger partial charge is 0.133 e. The minimum Gasteiger partial charge on any atom is -0.394 e. The van der Waals surface area contributed by atoms with Crippen molar-refractivity contribution in [1.29, 1.82) is 0 Å². The highest BCUT2D eigenvalue weighted by Crippen LogP contribution is 2.18. The van der Waals surface area contributed by atoms with Gasteiger partial charge in [-0.05, 0) is 45.7 Å². The highest BCUT2D eigenvalue weighted by molar-refractivity contribution is 4.98. The highest BCUT2D eigenvalue weighted by Gasteiger charge is 2.19. The molecule has 1 fully saturated rings. The van der Waals surface area contributed by atoms with Gasteiger partial charge in [0.1, 0.15) is 11.6 Å². The average molecular weight is 238 g/mol. The number of hydrogen-bond acceptors (Lipinski definition) is 4. The van der Waals surface area contributed by atoms with E-state index in [2.05, 4.69) is 20.1 Å². The van der Waals surface area contributed by atoms with Crippen LogP contribution in [-0.2, 0) is 6.42 Å². The summed E-state index contributed by atoms with van der Waals surface area (Å²) in [5.74, 6) is 2.56. The summed E-state index contributed by atoms with van der Waals surface area (Å²) in [6, 6.07) is 0.0662. The Balaban J connectivity index is 2.09. The zero-order chi connectivity index (χ0) is 12.3. The van der Waals surface area contributed by atoms with Gasteiger partial charge in [0.15, 0.2) is 0 Å². The average Bonchev–Trinajstić information content (AvgIpc) is 2.71. The molecule has 2 atom stereocenters. The van der Waals surface area contributed by atoms with Gasteiger partial charge in [-0.15, -0.1) is 10.2 Å². The van der Waals surface area contributed by atoms with E-state index in [-0.39, 0.29) is 12.6 Å². The number of aliphatic hydroxyl groups excluding tert-OH is 1. The lowest BCUT2D eigenvalue weighted by Crippen LogP contribution is -2.31. The Bertz CT molecular complexity index is 357. The molecule has 1 aliphatic rings. The van der Waals surface area contributed by atoms with Crippen LogP contribution in [0.1, 0.15) is 37.5 Å². The first-order valence-electron chi connectivity index (χ1n) is 6.44. The van der Waals surface area contributed by atoms with Crippen LogP contribution in [0.3, 0.4) is 0 Å². The van der Waals surface area contributed by atoms with E-state index in [1.807, 2.05) is 13.8 Å². The molecule has 0 bridgehead atoms. The first kappa shape index (κ1) is 12.5. The summed E-state index contributed by atoms with van der Waals surface area (Å²) >= 11 is 0. The van der Waals surface area contributed by atoms with E-state index < -0.39 is 0 Å². The summed E-state index contributed by atoms with van der Waals surface area (Å²) in [6.45, 7) is 6.28. The van der Waals surface area contributed by atoms with Gasteiger partial charge in [0.05, 0.1) is 12.6 Å². The number of aromatic nitrogens is 3. The Morgan fingerprint density at radius 2 is 2.35 bits per heavy atom. The summed E-state index contributed by atoms with van der Waals surface area (Å²) in [6.07, 6.45) is 3.46. The molecule has 0 aliphatic carbocycles. The van der Waals surface area contributed by atoms with E-state index in [9.17, 15) is 5.11 Å².